The van der Waals surface area contributed by atoms with Crippen LogP contribution in [0.2, 0.25) is 0 Å². The van der Waals surface area contributed by atoms with Gasteiger partial charge in [0.1, 0.15) is 17.9 Å². The van der Waals surface area contributed by atoms with Gasteiger partial charge in [-0.15, -0.1) is 0 Å². The minimum absolute atomic E-state index is 0.219. The fraction of sp³-hybridized carbons (Fsp3) is 0.367. The number of ether oxygens (including phenoxy) is 2. The number of hydroxylamine groups is 1. The number of rotatable bonds is 7. The summed E-state index contributed by atoms with van der Waals surface area (Å²) in [7, 11) is 3.54. The Balaban J connectivity index is 1.21. The summed E-state index contributed by atoms with van der Waals surface area (Å²) in [6.07, 6.45) is 5.75. The van der Waals surface area contributed by atoms with Crippen LogP contribution >= 0.6 is 0 Å². The van der Waals surface area contributed by atoms with E-state index in [0.29, 0.717) is 47.9 Å². The second-order valence-electron chi connectivity index (χ2n) is 10.9. The topological polar surface area (TPSA) is 89.8 Å². The summed E-state index contributed by atoms with van der Waals surface area (Å²) >= 11 is 0. The molecule has 0 saturated carbocycles. The molecule has 5 heterocycles. The fourth-order valence-corrected chi connectivity index (χ4v) is 6.20. The summed E-state index contributed by atoms with van der Waals surface area (Å²) in [6, 6.07) is 9.46. The van der Waals surface area contributed by atoms with Gasteiger partial charge in [0.2, 0.25) is 0 Å². The van der Waals surface area contributed by atoms with E-state index in [1.807, 2.05) is 19.4 Å². The molecule has 0 aliphatic carbocycles. The summed E-state index contributed by atoms with van der Waals surface area (Å²) in [5, 5.41) is 9.30. The van der Waals surface area contributed by atoms with Crippen molar-refractivity contribution in [1.82, 2.24) is 19.7 Å². The number of methoxy groups -OCH3 is 1. The van der Waals surface area contributed by atoms with E-state index >= 15 is 0 Å². The average molecular weight is 576 g/mol. The molecule has 42 heavy (non-hydrogen) atoms. The third kappa shape index (κ3) is 4.80. The molecule has 0 amide bonds. The van der Waals surface area contributed by atoms with Crippen molar-refractivity contribution < 1.29 is 23.1 Å². The Hall–Kier alpha value is -4.29. The van der Waals surface area contributed by atoms with Gasteiger partial charge in [-0.1, -0.05) is 12.1 Å². The first-order chi connectivity index (χ1) is 20.5. The number of aryl methyl sites for hydroxylation is 1. The fourth-order valence-electron chi connectivity index (χ4n) is 6.20. The van der Waals surface area contributed by atoms with Crippen LogP contribution in [0, 0.1) is 23.5 Å². The van der Waals surface area contributed by atoms with Crippen LogP contribution in [0.15, 0.2) is 55.1 Å². The summed E-state index contributed by atoms with van der Waals surface area (Å²) < 4.78 is 42.0. The standard InChI is InChI=1S/C30H31F2N7O3/c1-37-12-18(11-35-37)22-8-24(27(40-2)9-26(22)38-13-19-15-41-16-20(19)14-38)36-28-10-29(34-17-33-28)39-25(6-7-42-39)21-4-3-5-23(31)30(21)32/h3-5,8-12,17,19-20,25H,6-7,13-16H2,1-2H3,(H,33,34,36)/t19?,20?,25-/m1/s1. The molecule has 12 heteroatoms. The van der Waals surface area contributed by atoms with E-state index in [-0.39, 0.29) is 5.56 Å². The summed E-state index contributed by atoms with van der Waals surface area (Å²) in [5.74, 6) is 0.836. The predicted molar refractivity (Wildman–Crippen MR) is 153 cm³/mol. The van der Waals surface area contributed by atoms with Gasteiger partial charge in [0, 0.05) is 79.1 Å². The summed E-state index contributed by atoms with van der Waals surface area (Å²) in [6.45, 7) is 3.78. The second kappa shape index (κ2) is 10.8. The SMILES string of the molecule is COc1cc(N2CC3COCC3C2)c(-c2cnn(C)c2)cc1Nc1cc(N2OCC[C@@H]2c2cccc(F)c2F)ncn1. The number of hydrogen-bond acceptors (Lipinski definition) is 9. The van der Waals surface area contributed by atoms with Crippen molar-refractivity contribution in [3.8, 4) is 16.9 Å². The molecule has 218 valence electrons. The van der Waals surface area contributed by atoms with Crippen LogP contribution in [0.25, 0.3) is 11.1 Å². The molecule has 3 aliphatic rings. The van der Waals surface area contributed by atoms with E-state index in [1.165, 1.54) is 17.5 Å². The third-order valence-electron chi connectivity index (χ3n) is 8.30. The van der Waals surface area contributed by atoms with Crippen molar-refractivity contribution in [3.05, 3.63) is 72.3 Å². The predicted octanol–water partition coefficient (Wildman–Crippen LogP) is 4.87. The van der Waals surface area contributed by atoms with Crippen LogP contribution in [0.3, 0.4) is 0 Å². The van der Waals surface area contributed by atoms with Crippen molar-refractivity contribution in [1.29, 1.82) is 0 Å². The number of anilines is 4. The normalized spacial score (nSPS) is 21.7. The first kappa shape index (κ1) is 26.6. The highest BCUT2D eigenvalue weighted by molar-refractivity contribution is 5.85. The first-order valence-corrected chi connectivity index (χ1v) is 14.0. The van der Waals surface area contributed by atoms with Crippen LogP contribution in [0.5, 0.6) is 5.75 Å². The van der Waals surface area contributed by atoms with E-state index in [2.05, 4.69) is 37.4 Å². The Morgan fingerprint density at radius 2 is 1.90 bits per heavy atom. The molecule has 3 fully saturated rings. The number of fused-ring (bicyclic) bond motifs is 1. The van der Waals surface area contributed by atoms with Crippen molar-refractivity contribution in [2.24, 2.45) is 18.9 Å². The molecule has 1 N–H and O–H groups in total. The lowest BCUT2D eigenvalue weighted by molar-refractivity contribution is 0.156. The molecule has 0 radical (unpaired) electrons. The smallest absolute Gasteiger partial charge is 0.164 e. The largest absolute Gasteiger partial charge is 0.494 e. The number of halogens is 2. The minimum atomic E-state index is -0.894. The van der Waals surface area contributed by atoms with E-state index < -0.39 is 17.7 Å². The van der Waals surface area contributed by atoms with Crippen molar-refractivity contribution in [2.75, 3.05) is 55.3 Å². The maximum absolute atomic E-state index is 14.7. The zero-order valence-corrected chi connectivity index (χ0v) is 23.3. The molecule has 2 aromatic carbocycles. The lowest BCUT2D eigenvalue weighted by atomic mass is 10.0. The molecule has 3 aliphatic heterocycles. The zero-order chi connectivity index (χ0) is 28.8. The molecule has 0 bridgehead atoms. The molecular formula is C30H31F2N7O3. The lowest BCUT2D eigenvalue weighted by Crippen LogP contribution is -2.23. The number of hydrogen-bond donors (Lipinski definition) is 1. The van der Waals surface area contributed by atoms with Gasteiger partial charge in [-0.3, -0.25) is 9.52 Å². The summed E-state index contributed by atoms with van der Waals surface area (Å²) in [5.41, 5.74) is 4.01. The van der Waals surface area contributed by atoms with E-state index in [1.54, 1.807) is 23.9 Å². The van der Waals surface area contributed by atoms with E-state index in [9.17, 15) is 8.78 Å². The van der Waals surface area contributed by atoms with Gasteiger partial charge in [0.25, 0.3) is 0 Å². The monoisotopic (exact) mass is 575 g/mol. The van der Waals surface area contributed by atoms with Crippen LogP contribution in [-0.4, -0.2) is 59.8 Å². The molecule has 2 aromatic heterocycles. The first-order valence-electron chi connectivity index (χ1n) is 14.0. The Morgan fingerprint density at radius 1 is 1.07 bits per heavy atom. The maximum atomic E-state index is 14.7. The highest BCUT2D eigenvalue weighted by Gasteiger charge is 2.38. The van der Waals surface area contributed by atoms with Gasteiger partial charge in [0.15, 0.2) is 17.5 Å². The summed E-state index contributed by atoms with van der Waals surface area (Å²) in [4.78, 5) is 17.0. The number of nitrogens with zero attached hydrogens (tertiary/aromatic N) is 6. The van der Waals surface area contributed by atoms with Crippen LogP contribution in [0.1, 0.15) is 18.0 Å². The molecule has 7 rings (SSSR count). The van der Waals surface area contributed by atoms with Gasteiger partial charge in [-0.05, 0) is 12.1 Å². The zero-order valence-electron chi connectivity index (χ0n) is 23.3. The van der Waals surface area contributed by atoms with Crippen molar-refractivity contribution in [2.45, 2.75) is 12.5 Å². The second-order valence-corrected chi connectivity index (χ2v) is 10.9. The minimum Gasteiger partial charge on any atom is -0.494 e. The molecule has 0 spiro atoms. The van der Waals surface area contributed by atoms with Crippen molar-refractivity contribution in [3.63, 3.8) is 0 Å². The number of benzene rings is 2. The van der Waals surface area contributed by atoms with Crippen LogP contribution in [-0.2, 0) is 16.6 Å². The molecule has 3 atom stereocenters. The quantitative estimate of drug-likeness (QED) is 0.331. The van der Waals surface area contributed by atoms with E-state index in [0.717, 1.165) is 49.2 Å². The van der Waals surface area contributed by atoms with E-state index in [4.69, 9.17) is 14.3 Å². The van der Waals surface area contributed by atoms with Gasteiger partial charge in [-0.2, -0.15) is 5.10 Å². The van der Waals surface area contributed by atoms with Crippen molar-refractivity contribution >= 4 is 23.0 Å². The lowest BCUT2D eigenvalue weighted by Gasteiger charge is -2.25. The highest BCUT2D eigenvalue weighted by atomic mass is 19.2. The highest BCUT2D eigenvalue weighted by Crippen LogP contribution is 2.44. The Kier molecular flexibility index (Phi) is 6.87. The molecule has 3 saturated heterocycles. The number of nitrogens with one attached hydrogen (secondary N) is 1. The molecule has 10 nitrogen and oxygen atoms in total. The number of aromatic nitrogens is 4. The van der Waals surface area contributed by atoms with Gasteiger partial charge >= 0.3 is 0 Å². The van der Waals surface area contributed by atoms with Crippen LogP contribution in [0.4, 0.5) is 31.8 Å². The van der Waals surface area contributed by atoms with Gasteiger partial charge in [0.05, 0.1) is 44.9 Å². The maximum Gasteiger partial charge on any atom is 0.164 e. The van der Waals surface area contributed by atoms with Gasteiger partial charge in [-0.25, -0.2) is 23.8 Å². The molecule has 2 unspecified atom stereocenters. The molecule has 4 aromatic rings. The Labute approximate surface area is 241 Å². The average Bonchev–Trinajstić information content (AvgIpc) is 3.79. The van der Waals surface area contributed by atoms with Crippen LogP contribution < -0.4 is 20.0 Å². The third-order valence-corrected chi connectivity index (χ3v) is 8.30. The van der Waals surface area contributed by atoms with Gasteiger partial charge < -0.3 is 19.7 Å². The molecular weight excluding hydrogens is 544 g/mol. The Morgan fingerprint density at radius 3 is 2.67 bits per heavy atom. The Bertz CT molecular complexity index is 1600.